The van der Waals surface area contributed by atoms with Crippen LogP contribution < -0.4 is 20.3 Å². The van der Waals surface area contributed by atoms with Crippen molar-refractivity contribution in [1.82, 2.24) is 10.6 Å². The van der Waals surface area contributed by atoms with Crippen molar-refractivity contribution in [3.8, 4) is 5.75 Å². The second-order valence-electron chi connectivity index (χ2n) is 5.53. The van der Waals surface area contributed by atoms with Crippen molar-refractivity contribution >= 4 is 17.6 Å². The highest BCUT2D eigenvalue weighted by atomic mass is 16.5. The van der Waals surface area contributed by atoms with Crippen molar-refractivity contribution in [3.05, 3.63) is 24.3 Å². The summed E-state index contributed by atoms with van der Waals surface area (Å²) in [5, 5.41) is 5.70. The Morgan fingerprint density at radius 1 is 1.50 bits per heavy atom. The summed E-state index contributed by atoms with van der Waals surface area (Å²) in [4.78, 5) is 25.7. The van der Waals surface area contributed by atoms with Crippen LogP contribution in [-0.4, -0.2) is 37.7 Å². The van der Waals surface area contributed by atoms with E-state index in [0.717, 1.165) is 12.1 Å². The van der Waals surface area contributed by atoms with Gasteiger partial charge in [-0.3, -0.25) is 4.79 Å². The van der Waals surface area contributed by atoms with E-state index in [1.54, 1.807) is 12.0 Å². The number of ether oxygens (including phenoxy) is 1. The number of hydrogen-bond acceptors (Lipinski definition) is 3. The van der Waals surface area contributed by atoms with Gasteiger partial charge in [-0.15, -0.1) is 0 Å². The number of amides is 3. The van der Waals surface area contributed by atoms with E-state index >= 15 is 0 Å². The molecule has 1 aromatic carbocycles. The number of benzene rings is 1. The van der Waals surface area contributed by atoms with Crippen molar-refractivity contribution < 1.29 is 14.3 Å². The maximum absolute atomic E-state index is 12.2. The number of nitrogens with one attached hydrogen (secondary N) is 2. The lowest BCUT2D eigenvalue weighted by atomic mass is 10.2. The van der Waals surface area contributed by atoms with Crippen LogP contribution in [-0.2, 0) is 4.79 Å². The van der Waals surface area contributed by atoms with Crippen molar-refractivity contribution in [1.29, 1.82) is 0 Å². The fraction of sp³-hybridized carbons (Fsp3) is 0.500. The first-order valence-electron chi connectivity index (χ1n) is 7.55. The smallest absolute Gasteiger partial charge is 0.315 e. The van der Waals surface area contributed by atoms with Crippen LogP contribution in [0.5, 0.6) is 5.75 Å². The van der Waals surface area contributed by atoms with Gasteiger partial charge in [0.25, 0.3) is 0 Å². The summed E-state index contributed by atoms with van der Waals surface area (Å²) in [7, 11) is 1.59. The summed E-state index contributed by atoms with van der Waals surface area (Å²) >= 11 is 0. The third-order valence-electron chi connectivity index (χ3n) is 3.82. The topological polar surface area (TPSA) is 70.7 Å². The number of urea groups is 1. The molecule has 2 N–H and O–H groups in total. The van der Waals surface area contributed by atoms with E-state index in [1.807, 2.05) is 38.1 Å². The summed E-state index contributed by atoms with van der Waals surface area (Å²) in [6, 6.07) is 7.08. The Labute approximate surface area is 130 Å². The number of nitrogens with zero attached hydrogens (tertiary/aromatic N) is 1. The van der Waals surface area contributed by atoms with Gasteiger partial charge in [-0.25, -0.2) is 4.79 Å². The Hall–Kier alpha value is -2.24. The van der Waals surface area contributed by atoms with Crippen LogP contribution in [0, 0.1) is 0 Å². The van der Waals surface area contributed by atoms with E-state index in [2.05, 4.69) is 10.6 Å². The average Bonchev–Trinajstić information content (AvgIpc) is 2.87. The van der Waals surface area contributed by atoms with E-state index in [0.29, 0.717) is 18.7 Å². The number of hydrogen-bond donors (Lipinski definition) is 2. The zero-order valence-corrected chi connectivity index (χ0v) is 13.3. The van der Waals surface area contributed by atoms with Crippen molar-refractivity contribution in [2.75, 3.05) is 18.6 Å². The van der Waals surface area contributed by atoms with Gasteiger partial charge in [0.05, 0.1) is 13.2 Å². The fourth-order valence-corrected chi connectivity index (χ4v) is 2.39. The number of rotatable bonds is 5. The number of carbonyl (C=O) groups excluding carboxylic acids is 2. The molecule has 1 heterocycles. The Morgan fingerprint density at radius 2 is 2.27 bits per heavy atom. The predicted octanol–water partition coefficient (Wildman–Crippen LogP) is 1.90. The highest BCUT2D eigenvalue weighted by Gasteiger charge is 2.31. The number of anilines is 1. The highest BCUT2D eigenvalue weighted by Crippen LogP contribution is 2.25. The van der Waals surface area contributed by atoms with E-state index in [4.69, 9.17) is 4.74 Å². The van der Waals surface area contributed by atoms with Gasteiger partial charge in [0.15, 0.2) is 0 Å². The summed E-state index contributed by atoms with van der Waals surface area (Å²) < 4.78 is 5.18. The summed E-state index contributed by atoms with van der Waals surface area (Å²) in [5.41, 5.74) is 0.788. The lowest BCUT2D eigenvalue weighted by Gasteiger charge is -2.19. The maximum atomic E-state index is 12.2. The molecular formula is C16H23N3O3. The van der Waals surface area contributed by atoms with E-state index in [-0.39, 0.29) is 24.0 Å². The molecule has 0 bridgehead atoms. The Bertz CT molecular complexity index is 547. The quantitative estimate of drug-likeness (QED) is 0.873. The third kappa shape index (κ3) is 3.90. The van der Waals surface area contributed by atoms with Crippen LogP contribution in [0.4, 0.5) is 10.5 Å². The van der Waals surface area contributed by atoms with E-state index < -0.39 is 0 Å². The summed E-state index contributed by atoms with van der Waals surface area (Å²) in [6.45, 7) is 4.43. The second kappa shape index (κ2) is 7.15. The molecule has 1 aliphatic heterocycles. The van der Waals surface area contributed by atoms with Gasteiger partial charge >= 0.3 is 6.03 Å². The molecule has 6 nitrogen and oxygen atoms in total. The Kier molecular flexibility index (Phi) is 5.25. The van der Waals surface area contributed by atoms with Crippen molar-refractivity contribution in [2.24, 2.45) is 0 Å². The van der Waals surface area contributed by atoms with Crippen LogP contribution in [0.1, 0.15) is 26.7 Å². The molecule has 22 heavy (non-hydrogen) atoms. The molecule has 1 aromatic rings. The molecule has 0 unspecified atom stereocenters. The lowest BCUT2D eigenvalue weighted by molar-refractivity contribution is -0.117. The molecule has 1 saturated heterocycles. The van der Waals surface area contributed by atoms with Gasteiger partial charge < -0.3 is 20.3 Å². The molecule has 120 valence electrons. The Balaban J connectivity index is 1.97. The van der Waals surface area contributed by atoms with Crippen LogP contribution >= 0.6 is 0 Å². The number of methoxy groups -OCH3 is 1. The van der Waals surface area contributed by atoms with E-state index in [1.165, 1.54) is 0 Å². The van der Waals surface area contributed by atoms with Gasteiger partial charge in [-0.05, 0) is 25.5 Å². The predicted molar refractivity (Wildman–Crippen MR) is 85.2 cm³/mol. The largest absolute Gasteiger partial charge is 0.497 e. The monoisotopic (exact) mass is 305 g/mol. The minimum absolute atomic E-state index is 0.00194. The first kappa shape index (κ1) is 16.1. The summed E-state index contributed by atoms with van der Waals surface area (Å²) in [6.07, 6.45) is 1.18. The molecule has 0 aliphatic carbocycles. The van der Waals surface area contributed by atoms with E-state index in [9.17, 15) is 9.59 Å². The molecule has 1 aliphatic rings. The van der Waals surface area contributed by atoms with Crippen molar-refractivity contribution in [2.45, 2.75) is 38.8 Å². The molecule has 3 amide bonds. The molecule has 6 heteroatoms. The molecular weight excluding hydrogens is 282 g/mol. The molecule has 0 saturated carbocycles. The molecule has 0 aromatic heterocycles. The zero-order valence-electron chi connectivity index (χ0n) is 13.3. The average molecular weight is 305 g/mol. The summed E-state index contributed by atoms with van der Waals surface area (Å²) in [5.74, 6) is 0.707. The van der Waals surface area contributed by atoms with Crippen molar-refractivity contribution in [3.63, 3.8) is 0 Å². The van der Waals surface area contributed by atoms with Gasteiger partial charge in [-0.1, -0.05) is 13.0 Å². The van der Waals surface area contributed by atoms with Gasteiger partial charge in [-0.2, -0.15) is 0 Å². The first-order valence-corrected chi connectivity index (χ1v) is 7.55. The lowest BCUT2D eigenvalue weighted by Crippen LogP contribution is -2.46. The van der Waals surface area contributed by atoms with Crippen LogP contribution in [0.25, 0.3) is 0 Å². The SMILES string of the molecule is CC[C@H](C)NC(=O)N[C@H]1CC(=O)N(c2cccc(OC)c2)C1. The van der Waals surface area contributed by atoms with Gasteiger partial charge in [0.2, 0.25) is 5.91 Å². The van der Waals surface area contributed by atoms with Crippen LogP contribution in [0.15, 0.2) is 24.3 Å². The van der Waals surface area contributed by atoms with Gasteiger partial charge in [0, 0.05) is 30.8 Å². The molecule has 0 spiro atoms. The zero-order chi connectivity index (χ0) is 16.1. The minimum atomic E-state index is -0.223. The molecule has 0 radical (unpaired) electrons. The van der Waals surface area contributed by atoms with Crippen LogP contribution in [0.3, 0.4) is 0 Å². The Morgan fingerprint density at radius 3 is 2.95 bits per heavy atom. The molecule has 2 atom stereocenters. The molecule has 1 fully saturated rings. The van der Waals surface area contributed by atoms with Crippen LogP contribution in [0.2, 0.25) is 0 Å². The third-order valence-corrected chi connectivity index (χ3v) is 3.82. The minimum Gasteiger partial charge on any atom is -0.497 e. The second-order valence-corrected chi connectivity index (χ2v) is 5.53. The highest BCUT2D eigenvalue weighted by molar-refractivity contribution is 5.97. The standard InChI is InChI=1S/C16H23N3O3/c1-4-11(2)17-16(21)18-12-8-15(20)19(10-12)13-6-5-7-14(9-13)22-3/h5-7,9,11-12H,4,8,10H2,1-3H3,(H2,17,18,21)/t11-,12-/m0/s1. The molecule has 2 rings (SSSR count). The van der Waals surface area contributed by atoms with Gasteiger partial charge in [0.1, 0.15) is 5.75 Å². The fourth-order valence-electron chi connectivity index (χ4n) is 2.39. The first-order chi connectivity index (χ1) is 10.5. The normalized spacial score (nSPS) is 19.0. The number of carbonyl (C=O) groups is 2. The maximum Gasteiger partial charge on any atom is 0.315 e.